The van der Waals surface area contributed by atoms with E-state index in [-0.39, 0.29) is 11.3 Å². The van der Waals surface area contributed by atoms with E-state index < -0.39 is 0 Å². The molecule has 0 saturated carbocycles. The highest BCUT2D eigenvalue weighted by Crippen LogP contribution is 2.13. The van der Waals surface area contributed by atoms with E-state index >= 15 is 0 Å². The molecule has 5 nitrogen and oxygen atoms in total. The lowest BCUT2D eigenvalue weighted by molar-refractivity contribution is 0.106. The van der Waals surface area contributed by atoms with Gasteiger partial charge in [0.25, 0.3) is 5.56 Å². The molecule has 3 rings (SSSR count). The van der Waals surface area contributed by atoms with Gasteiger partial charge in [0.1, 0.15) is 11.5 Å². The van der Waals surface area contributed by atoms with Gasteiger partial charge < -0.3 is 14.5 Å². The van der Waals surface area contributed by atoms with Crippen LogP contribution in [0.15, 0.2) is 53.3 Å². The first kappa shape index (κ1) is 18.7. The van der Waals surface area contributed by atoms with Gasteiger partial charge >= 0.3 is 0 Å². The summed E-state index contributed by atoms with van der Waals surface area (Å²) in [7, 11) is 1.57. The minimum absolute atomic E-state index is 0.178. The van der Waals surface area contributed by atoms with Crippen LogP contribution in [0.2, 0.25) is 0 Å². The van der Waals surface area contributed by atoms with E-state index in [1.807, 2.05) is 31.2 Å². The van der Waals surface area contributed by atoms with Crippen LogP contribution in [0.3, 0.4) is 0 Å². The number of methoxy groups -OCH3 is 1. The van der Waals surface area contributed by atoms with Gasteiger partial charge in [-0.2, -0.15) is 0 Å². The standard InChI is InChI=1S/C21H19NO4S/c1-3-26-17-8-4-14(5-9-17)12-19-21(24)22-20(27-19)13-18(23)15-6-10-16(25-2)11-7-15/h4-13H,3H2,1-2H3,(H,22,24)/b19-12-,20-13-. The van der Waals surface area contributed by atoms with Crippen LogP contribution in [0.5, 0.6) is 11.5 Å². The summed E-state index contributed by atoms with van der Waals surface area (Å²) < 4.78 is 11.5. The van der Waals surface area contributed by atoms with E-state index in [0.717, 1.165) is 11.3 Å². The summed E-state index contributed by atoms with van der Waals surface area (Å²) in [6.07, 6.45) is 3.22. The predicted molar refractivity (Wildman–Crippen MR) is 107 cm³/mol. The molecule has 0 spiro atoms. The van der Waals surface area contributed by atoms with Gasteiger partial charge in [-0.3, -0.25) is 9.59 Å². The van der Waals surface area contributed by atoms with Crippen LogP contribution in [-0.2, 0) is 0 Å². The van der Waals surface area contributed by atoms with Crippen molar-refractivity contribution in [2.24, 2.45) is 0 Å². The molecule has 1 aromatic heterocycles. The lowest BCUT2D eigenvalue weighted by Gasteiger charge is -2.01. The van der Waals surface area contributed by atoms with Crippen LogP contribution in [0.4, 0.5) is 0 Å². The van der Waals surface area contributed by atoms with E-state index in [1.165, 1.54) is 17.4 Å². The number of H-pyrrole nitrogens is 1. The first-order valence-corrected chi connectivity index (χ1v) is 9.24. The summed E-state index contributed by atoms with van der Waals surface area (Å²) in [4.78, 5) is 27.2. The number of Topliss-reactive ketones (excluding diaryl/α,β-unsaturated/α-hetero) is 1. The number of ketones is 1. The normalized spacial score (nSPS) is 12.2. The first-order chi connectivity index (χ1) is 13.1. The van der Waals surface area contributed by atoms with Crippen LogP contribution in [-0.4, -0.2) is 24.5 Å². The number of hydrogen-bond donors (Lipinski definition) is 1. The van der Waals surface area contributed by atoms with Crippen molar-refractivity contribution in [1.82, 2.24) is 4.98 Å². The number of hydrogen-bond acceptors (Lipinski definition) is 5. The van der Waals surface area contributed by atoms with Crippen molar-refractivity contribution in [2.45, 2.75) is 6.92 Å². The van der Waals surface area contributed by atoms with Crippen molar-refractivity contribution in [3.63, 3.8) is 0 Å². The quantitative estimate of drug-likeness (QED) is 0.666. The SMILES string of the molecule is CCOc1ccc(/C=c2\s/c(=C\C(=O)c3ccc(OC)cc3)[nH]c2=O)cc1. The van der Waals surface area contributed by atoms with Crippen LogP contribution in [0.1, 0.15) is 22.8 Å². The molecule has 0 aliphatic carbocycles. The third-order valence-electron chi connectivity index (χ3n) is 3.81. The Morgan fingerprint density at radius 1 is 1.07 bits per heavy atom. The summed E-state index contributed by atoms with van der Waals surface area (Å²) in [6.45, 7) is 2.53. The second kappa shape index (κ2) is 8.51. The second-order valence-corrected chi connectivity index (χ2v) is 6.75. The van der Waals surface area contributed by atoms with E-state index in [0.29, 0.717) is 27.1 Å². The van der Waals surface area contributed by atoms with Gasteiger partial charge in [-0.25, -0.2) is 0 Å². The summed E-state index contributed by atoms with van der Waals surface area (Å²) in [5.41, 5.74) is 1.20. The van der Waals surface area contributed by atoms with Gasteiger partial charge in [-0.15, -0.1) is 11.3 Å². The van der Waals surface area contributed by atoms with Crippen molar-refractivity contribution in [3.05, 3.63) is 79.2 Å². The molecule has 0 fully saturated rings. The maximum Gasteiger partial charge on any atom is 0.266 e. The van der Waals surface area contributed by atoms with Crippen molar-refractivity contribution >= 4 is 29.3 Å². The fraction of sp³-hybridized carbons (Fsp3) is 0.143. The number of aromatic amines is 1. The van der Waals surface area contributed by atoms with Gasteiger partial charge in [0.05, 0.1) is 22.9 Å². The average Bonchev–Trinajstić information content (AvgIpc) is 3.02. The number of carbonyl (C=O) groups excluding carboxylic acids is 1. The molecule has 0 atom stereocenters. The molecule has 138 valence electrons. The van der Waals surface area contributed by atoms with Gasteiger partial charge in [0.15, 0.2) is 5.78 Å². The predicted octanol–water partition coefficient (Wildman–Crippen LogP) is 2.34. The summed E-state index contributed by atoms with van der Waals surface area (Å²) in [5, 5.41) is 0. The molecular formula is C21H19NO4S. The minimum Gasteiger partial charge on any atom is -0.497 e. The first-order valence-electron chi connectivity index (χ1n) is 8.43. The van der Waals surface area contributed by atoms with Crippen LogP contribution in [0.25, 0.3) is 12.2 Å². The average molecular weight is 381 g/mol. The molecule has 6 heteroatoms. The number of nitrogens with one attached hydrogen (secondary N) is 1. The minimum atomic E-state index is -0.220. The van der Waals surface area contributed by atoms with Gasteiger partial charge in [0, 0.05) is 11.6 Å². The van der Waals surface area contributed by atoms with E-state index in [2.05, 4.69) is 4.98 Å². The van der Waals surface area contributed by atoms with Gasteiger partial charge in [-0.1, -0.05) is 12.1 Å². The molecule has 0 amide bonds. The Hall–Kier alpha value is -3.12. The number of carbonyl (C=O) groups is 1. The van der Waals surface area contributed by atoms with Crippen LogP contribution < -0.4 is 24.2 Å². The number of aromatic nitrogens is 1. The molecule has 0 aliphatic heterocycles. The van der Waals surface area contributed by atoms with Gasteiger partial charge in [-0.05, 0) is 55.0 Å². The zero-order chi connectivity index (χ0) is 19.2. The lowest BCUT2D eigenvalue weighted by atomic mass is 10.1. The highest BCUT2D eigenvalue weighted by molar-refractivity contribution is 7.07. The molecule has 3 aromatic rings. The summed E-state index contributed by atoms with van der Waals surface area (Å²) in [6, 6.07) is 14.3. The molecule has 0 unspecified atom stereocenters. The van der Waals surface area contributed by atoms with E-state index in [4.69, 9.17) is 9.47 Å². The molecule has 0 bridgehead atoms. The molecule has 1 N–H and O–H groups in total. The maximum absolute atomic E-state index is 12.4. The Morgan fingerprint density at radius 2 is 1.74 bits per heavy atom. The fourth-order valence-electron chi connectivity index (χ4n) is 2.46. The molecule has 0 aliphatic rings. The van der Waals surface area contributed by atoms with E-state index in [9.17, 15) is 9.59 Å². The van der Waals surface area contributed by atoms with Crippen LogP contribution in [0, 0.1) is 0 Å². The Kier molecular flexibility index (Phi) is 5.88. The molecule has 0 saturated heterocycles. The van der Waals surface area contributed by atoms with Crippen molar-refractivity contribution in [3.8, 4) is 11.5 Å². The second-order valence-electron chi connectivity index (χ2n) is 5.67. The van der Waals surface area contributed by atoms with E-state index in [1.54, 1.807) is 37.5 Å². The van der Waals surface area contributed by atoms with Crippen LogP contribution >= 0.6 is 11.3 Å². The smallest absolute Gasteiger partial charge is 0.266 e. The fourth-order valence-corrected chi connectivity index (χ4v) is 3.35. The zero-order valence-electron chi connectivity index (χ0n) is 15.0. The largest absolute Gasteiger partial charge is 0.497 e. The molecule has 0 radical (unpaired) electrons. The molecule has 2 aromatic carbocycles. The Balaban J connectivity index is 1.87. The number of ether oxygens (including phenoxy) is 2. The number of thiazole rings is 1. The third-order valence-corrected chi connectivity index (χ3v) is 4.77. The number of benzene rings is 2. The highest BCUT2D eigenvalue weighted by atomic mass is 32.1. The zero-order valence-corrected chi connectivity index (χ0v) is 15.8. The molecular weight excluding hydrogens is 362 g/mol. The molecule has 27 heavy (non-hydrogen) atoms. The lowest BCUT2D eigenvalue weighted by Crippen LogP contribution is -2.20. The Morgan fingerprint density at radius 3 is 2.37 bits per heavy atom. The van der Waals surface area contributed by atoms with Crippen molar-refractivity contribution < 1.29 is 14.3 Å². The summed E-state index contributed by atoms with van der Waals surface area (Å²) in [5.74, 6) is 1.29. The van der Waals surface area contributed by atoms with Crippen molar-refractivity contribution in [2.75, 3.05) is 13.7 Å². The molecule has 1 heterocycles. The summed E-state index contributed by atoms with van der Waals surface area (Å²) >= 11 is 1.24. The third kappa shape index (κ3) is 4.74. The Bertz CT molecular complexity index is 1090. The maximum atomic E-state index is 12.4. The monoisotopic (exact) mass is 381 g/mol. The van der Waals surface area contributed by atoms with Crippen molar-refractivity contribution in [1.29, 1.82) is 0 Å². The highest BCUT2D eigenvalue weighted by Gasteiger charge is 2.04. The number of rotatable bonds is 6. The topological polar surface area (TPSA) is 68.4 Å². The Labute approximate surface area is 160 Å². The van der Waals surface area contributed by atoms with Gasteiger partial charge in [0.2, 0.25) is 0 Å².